The third-order valence-electron chi connectivity index (χ3n) is 3.93. The lowest BCUT2D eigenvalue weighted by atomic mass is 10.2. The second-order valence-corrected chi connectivity index (χ2v) is 5.42. The third kappa shape index (κ3) is 2.67. The van der Waals surface area contributed by atoms with Crippen LogP contribution in [0.1, 0.15) is 12.8 Å². The summed E-state index contributed by atoms with van der Waals surface area (Å²) in [6, 6.07) is 11.1. The average Bonchev–Trinajstić information content (AvgIpc) is 3.10. The van der Waals surface area contributed by atoms with E-state index in [2.05, 4.69) is 22.1 Å². The predicted molar refractivity (Wildman–Crippen MR) is 78.7 cm³/mol. The van der Waals surface area contributed by atoms with Gasteiger partial charge in [-0.05, 0) is 26.4 Å². The Bertz CT molecular complexity index is 554. The summed E-state index contributed by atoms with van der Waals surface area (Å²) in [6.07, 6.45) is 2.51. The van der Waals surface area contributed by atoms with Crippen molar-refractivity contribution in [3.8, 4) is 11.4 Å². The van der Waals surface area contributed by atoms with Crippen molar-refractivity contribution in [1.82, 2.24) is 15.0 Å². The molecule has 0 N–H and O–H groups in total. The number of benzene rings is 1. The highest BCUT2D eigenvalue weighted by molar-refractivity contribution is 5.55. The van der Waals surface area contributed by atoms with E-state index in [-0.39, 0.29) is 0 Å². The lowest BCUT2D eigenvalue weighted by Crippen LogP contribution is -2.36. The van der Waals surface area contributed by atoms with Gasteiger partial charge in [-0.1, -0.05) is 35.5 Å². The molecule has 1 unspecified atom stereocenters. The number of rotatable bonds is 4. The van der Waals surface area contributed by atoms with Gasteiger partial charge in [0, 0.05) is 25.2 Å². The van der Waals surface area contributed by atoms with Gasteiger partial charge >= 0.3 is 6.01 Å². The molecule has 0 spiro atoms. The normalized spacial score (nSPS) is 19.4. The number of hydrogen-bond acceptors (Lipinski definition) is 5. The molecule has 1 aliphatic rings. The van der Waals surface area contributed by atoms with Gasteiger partial charge in [-0.2, -0.15) is 4.98 Å². The van der Waals surface area contributed by atoms with Gasteiger partial charge in [-0.3, -0.25) is 0 Å². The molecule has 1 atom stereocenters. The molecule has 1 fully saturated rings. The summed E-state index contributed by atoms with van der Waals surface area (Å²) in [5, 5.41) is 4.06. The predicted octanol–water partition coefficient (Wildman–Crippen LogP) is 2.27. The quantitative estimate of drug-likeness (QED) is 0.854. The van der Waals surface area contributed by atoms with Gasteiger partial charge in [-0.15, -0.1) is 0 Å². The smallest absolute Gasteiger partial charge is 0.324 e. The van der Waals surface area contributed by atoms with Gasteiger partial charge < -0.3 is 14.3 Å². The average molecular weight is 272 g/mol. The van der Waals surface area contributed by atoms with Crippen LogP contribution < -0.4 is 4.90 Å². The largest absolute Gasteiger partial charge is 0.326 e. The summed E-state index contributed by atoms with van der Waals surface area (Å²) < 4.78 is 5.37. The fourth-order valence-corrected chi connectivity index (χ4v) is 2.68. The van der Waals surface area contributed by atoms with Gasteiger partial charge in [0.1, 0.15) is 0 Å². The third-order valence-corrected chi connectivity index (χ3v) is 3.93. The van der Waals surface area contributed by atoms with Crippen molar-refractivity contribution in [2.45, 2.75) is 18.9 Å². The Labute approximate surface area is 119 Å². The number of anilines is 1. The Hall–Kier alpha value is -1.88. The Morgan fingerprint density at radius 2 is 2.15 bits per heavy atom. The van der Waals surface area contributed by atoms with Crippen molar-refractivity contribution >= 4 is 6.01 Å². The molecule has 0 aliphatic carbocycles. The van der Waals surface area contributed by atoms with E-state index in [4.69, 9.17) is 4.52 Å². The van der Waals surface area contributed by atoms with Gasteiger partial charge in [0.05, 0.1) is 0 Å². The van der Waals surface area contributed by atoms with Crippen LogP contribution in [0.15, 0.2) is 34.9 Å². The fourth-order valence-electron chi connectivity index (χ4n) is 2.68. The molecular weight excluding hydrogens is 252 g/mol. The standard InChI is InChI=1S/C15H20N4O/c1-18-10-6-9-13(18)11-19(2)15-16-14(17-20-15)12-7-4-3-5-8-12/h3-5,7-8,13H,6,9-11H2,1-2H3. The first-order valence-electron chi connectivity index (χ1n) is 7.04. The van der Waals surface area contributed by atoms with Crippen LogP contribution in [0.4, 0.5) is 6.01 Å². The van der Waals surface area contributed by atoms with Crippen molar-refractivity contribution < 1.29 is 4.52 Å². The second-order valence-electron chi connectivity index (χ2n) is 5.42. The van der Waals surface area contributed by atoms with Gasteiger partial charge in [0.25, 0.3) is 0 Å². The second kappa shape index (κ2) is 5.63. The van der Waals surface area contributed by atoms with E-state index in [0.29, 0.717) is 17.9 Å². The maximum absolute atomic E-state index is 5.37. The molecule has 106 valence electrons. The number of hydrogen-bond donors (Lipinski definition) is 0. The molecule has 5 nitrogen and oxygen atoms in total. The minimum absolute atomic E-state index is 0.576. The SMILES string of the molecule is CN(CC1CCCN1C)c1nc(-c2ccccc2)no1. The number of nitrogens with zero attached hydrogens (tertiary/aromatic N) is 4. The molecule has 1 aromatic heterocycles. The molecule has 0 bridgehead atoms. The van der Waals surface area contributed by atoms with E-state index in [1.807, 2.05) is 42.3 Å². The van der Waals surface area contributed by atoms with Crippen molar-refractivity contribution in [2.24, 2.45) is 0 Å². The van der Waals surface area contributed by atoms with Gasteiger partial charge in [0.15, 0.2) is 0 Å². The van der Waals surface area contributed by atoms with E-state index < -0.39 is 0 Å². The van der Waals surface area contributed by atoms with Crippen molar-refractivity contribution in [2.75, 3.05) is 32.1 Å². The lowest BCUT2D eigenvalue weighted by molar-refractivity contribution is 0.308. The fraction of sp³-hybridized carbons (Fsp3) is 0.467. The van der Waals surface area contributed by atoms with Crippen LogP contribution in [0.5, 0.6) is 0 Å². The zero-order valence-corrected chi connectivity index (χ0v) is 12.0. The highest BCUT2D eigenvalue weighted by atomic mass is 16.5. The van der Waals surface area contributed by atoms with Gasteiger partial charge in [0.2, 0.25) is 5.82 Å². The first kappa shape index (κ1) is 13.1. The summed E-state index contributed by atoms with van der Waals surface area (Å²) in [7, 11) is 4.18. The summed E-state index contributed by atoms with van der Waals surface area (Å²) in [6.45, 7) is 2.10. The number of aromatic nitrogens is 2. The number of likely N-dealkylation sites (N-methyl/N-ethyl adjacent to an activating group) is 2. The molecule has 1 aliphatic heterocycles. The maximum Gasteiger partial charge on any atom is 0.324 e. The molecule has 5 heteroatoms. The Balaban J connectivity index is 1.70. The van der Waals surface area contributed by atoms with E-state index >= 15 is 0 Å². The minimum atomic E-state index is 0.576. The zero-order valence-electron chi connectivity index (χ0n) is 12.0. The van der Waals surface area contributed by atoms with Crippen LogP contribution in [0, 0.1) is 0 Å². The summed E-state index contributed by atoms with van der Waals surface area (Å²) in [4.78, 5) is 8.92. The van der Waals surface area contributed by atoms with E-state index in [1.54, 1.807) is 0 Å². The summed E-state index contributed by atoms with van der Waals surface area (Å²) >= 11 is 0. The molecule has 2 aromatic rings. The van der Waals surface area contributed by atoms with Crippen molar-refractivity contribution in [3.05, 3.63) is 30.3 Å². The Kier molecular flexibility index (Phi) is 3.69. The molecule has 20 heavy (non-hydrogen) atoms. The monoisotopic (exact) mass is 272 g/mol. The molecule has 0 amide bonds. The van der Waals surface area contributed by atoms with E-state index in [1.165, 1.54) is 19.4 Å². The van der Waals surface area contributed by atoms with Crippen LogP contribution in [0.3, 0.4) is 0 Å². The first-order chi connectivity index (χ1) is 9.74. The molecule has 0 saturated carbocycles. The molecule has 2 heterocycles. The van der Waals surface area contributed by atoms with Crippen LogP contribution in [0.2, 0.25) is 0 Å². The van der Waals surface area contributed by atoms with Crippen molar-refractivity contribution in [1.29, 1.82) is 0 Å². The summed E-state index contributed by atoms with van der Waals surface area (Å²) in [5.41, 5.74) is 0.980. The Morgan fingerprint density at radius 1 is 1.35 bits per heavy atom. The molecule has 1 aromatic carbocycles. The minimum Gasteiger partial charge on any atom is -0.326 e. The number of likely N-dealkylation sites (tertiary alicyclic amines) is 1. The highest BCUT2D eigenvalue weighted by Gasteiger charge is 2.24. The topological polar surface area (TPSA) is 45.4 Å². The maximum atomic E-state index is 5.37. The molecule has 1 saturated heterocycles. The molecular formula is C15H20N4O. The highest BCUT2D eigenvalue weighted by Crippen LogP contribution is 2.21. The van der Waals surface area contributed by atoms with E-state index in [0.717, 1.165) is 12.1 Å². The Morgan fingerprint density at radius 3 is 2.85 bits per heavy atom. The summed E-state index contributed by atoms with van der Waals surface area (Å²) in [5.74, 6) is 0.646. The molecule has 0 radical (unpaired) electrons. The van der Waals surface area contributed by atoms with E-state index in [9.17, 15) is 0 Å². The zero-order chi connectivity index (χ0) is 13.9. The lowest BCUT2D eigenvalue weighted by Gasteiger charge is -2.24. The van der Waals surface area contributed by atoms with Crippen LogP contribution in [-0.4, -0.2) is 48.3 Å². The van der Waals surface area contributed by atoms with Gasteiger partial charge in [-0.25, -0.2) is 0 Å². The van der Waals surface area contributed by atoms with Crippen LogP contribution >= 0.6 is 0 Å². The first-order valence-corrected chi connectivity index (χ1v) is 7.04. The van der Waals surface area contributed by atoms with Crippen LogP contribution in [-0.2, 0) is 0 Å². The van der Waals surface area contributed by atoms with Crippen molar-refractivity contribution in [3.63, 3.8) is 0 Å². The van der Waals surface area contributed by atoms with Crippen LogP contribution in [0.25, 0.3) is 11.4 Å². The molecule has 3 rings (SSSR count).